The van der Waals surface area contributed by atoms with Gasteiger partial charge in [0, 0.05) is 19.5 Å². The molecule has 0 aliphatic carbocycles. The van der Waals surface area contributed by atoms with Crippen molar-refractivity contribution in [1.29, 1.82) is 0 Å². The maximum atomic E-state index is 12.7. The zero-order valence-electron chi connectivity index (χ0n) is 16.6. The molecule has 168 valence electrons. The summed E-state index contributed by atoms with van der Waals surface area (Å²) in [6, 6.07) is 24.3. The molecule has 0 aliphatic heterocycles. The maximum absolute atomic E-state index is 12.7. The molecule has 0 fully saturated rings. The van der Waals surface area contributed by atoms with E-state index in [4.69, 9.17) is 5.73 Å². The van der Waals surface area contributed by atoms with Crippen LogP contribution in [0.4, 0.5) is 13.2 Å². The fourth-order valence-corrected chi connectivity index (χ4v) is 3.40. The Morgan fingerprint density at radius 3 is 1.52 bits per heavy atom. The van der Waals surface area contributed by atoms with Crippen molar-refractivity contribution in [2.75, 3.05) is 0 Å². The van der Waals surface area contributed by atoms with Crippen LogP contribution in [0.2, 0.25) is 0 Å². The number of aryl methyl sites for hydroxylation is 1. The van der Waals surface area contributed by atoms with E-state index < -0.39 is 27.6 Å². The molecule has 2 atom stereocenters. The van der Waals surface area contributed by atoms with Gasteiger partial charge in [0.05, 0.1) is 12.1 Å². The SMILES string of the molecule is Cc1ccccc1.N[C@H](c1ccccc1)[C@H](NS(=O)(=O)C(F)(F)F)c1ccccc1.[Ru]. The molecule has 0 unspecified atom stereocenters. The van der Waals surface area contributed by atoms with E-state index in [9.17, 15) is 21.6 Å². The number of alkyl halides is 3. The molecular weight excluding hydrogens is 514 g/mol. The van der Waals surface area contributed by atoms with Crippen molar-refractivity contribution in [1.82, 2.24) is 4.72 Å². The molecule has 9 heteroatoms. The van der Waals surface area contributed by atoms with Gasteiger partial charge in [-0.25, -0.2) is 8.42 Å². The number of hydrogen-bond acceptors (Lipinski definition) is 3. The molecule has 0 bridgehead atoms. The molecule has 0 amide bonds. The molecule has 31 heavy (non-hydrogen) atoms. The Labute approximate surface area is 193 Å². The average Bonchev–Trinajstić information content (AvgIpc) is 2.73. The molecular formula is C22H23F3N2O2RuS. The summed E-state index contributed by atoms with van der Waals surface area (Å²) in [7, 11) is -5.53. The van der Waals surface area contributed by atoms with Crippen molar-refractivity contribution in [3.05, 3.63) is 108 Å². The Balaban J connectivity index is 0.000000510. The fraction of sp³-hybridized carbons (Fsp3) is 0.182. The van der Waals surface area contributed by atoms with Crippen LogP contribution in [0.1, 0.15) is 28.8 Å². The van der Waals surface area contributed by atoms with Crippen LogP contribution in [-0.4, -0.2) is 13.9 Å². The zero-order valence-corrected chi connectivity index (χ0v) is 19.2. The minimum Gasteiger partial charge on any atom is -0.322 e. The second-order valence-corrected chi connectivity index (χ2v) is 8.25. The second-order valence-electron chi connectivity index (χ2n) is 6.55. The summed E-state index contributed by atoms with van der Waals surface area (Å²) in [5, 5.41) is 0. The quantitative estimate of drug-likeness (QED) is 0.457. The first kappa shape index (κ1) is 27.0. The summed E-state index contributed by atoms with van der Waals surface area (Å²) in [5.41, 5.74) is 2.81. The van der Waals surface area contributed by atoms with Crippen LogP contribution in [0.15, 0.2) is 91.0 Å². The van der Waals surface area contributed by atoms with Crippen LogP contribution in [0, 0.1) is 6.92 Å². The first-order chi connectivity index (χ1) is 14.1. The minimum absolute atomic E-state index is 0. The molecule has 3 rings (SSSR count). The number of sulfonamides is 1. The third kappa shape index (κ3) is 8.18. The number of nitrogens with one attached hydrogen (secondary N) is 1. The average molecular weight is 538 g/mol. The first-order valence-electron chi connectivity index (χ1n) is 9.07. The van der Waals surface area contributed by atoms with Gasteiger partial charge in [-0.2, -0.15) is 17.9 Å². The Morgan fingerprint density at radius 1 is 0.774 bits per heavy atom. The van der Waals surface area contributed by atoms with E-state index in [-0.39, 0.29) is 19.5 Å². The molecule has 4 nitrogen and oxygen atoms in total. The van der Waals surface area contributed by atoms with Crippen molar-refractivity contribution in [3.63, 3.8) is 0 Å². The van der Waals surface area contributed by atoms with Crippen molar-refractivity contribution in [3.8, 4) is 0 Å². The topological polar surface area (TPSA) is 72.2 Å². The molecule has 3 aromatic rings. The van der Waals surface area contributed by atoms with Gasteiger partial charge in [-0.3, -0.25) is 0 Å². The van der Waals surface area contributed by atoms with Gasteiger partial charge in [0.1, 0.15) is 0 Å². The zero-order chi connectivity index (χ0) is 22.2. The fourth-order valence-electron chi connectivity index (χ4n) is 2.65. The molecule has 0 spiro atoms. The van der Waals surface area contributed by atoms with E-state index in [1.807, 2.05) is 18.2 Å². The van der Waals surface area contributed by atoms with Gasteiger partial charge in [0.25, 0.3) is 0 Å². The third-order valence-electron chi connectivity index (χ3n) is 4.23. The van der Waals surface area contributed by atoms with E-state index in [1.54, 1.807) is 53.3 Å². The van der Waals surface area contributed by atoms with Crippen LogP contribution in [0.3, 0.4) is 0 Å². The molecule has 0 saturated heterocycles. The smallest absolute Gasteiger partial charge is 0.322 e. The molecule has 0 aromatic heterocycles. The largest absolute Gasteiger partial charge is 0.511 e. The predicted octanol–water partition coefficient (Wildman–Crippen LogP) is 4.86. The van der Waals surface area contributed by atoms with Gasteiger partial charge >= 0.3 is 15.5 Å². The van der Waals surface area contributed by atoms with E-state index >= 15 is 0 Å². The van der Waals surface area contributed by atoms with Crippen molar-refractivity contribution < 1.29 is 41.1 Å². The molecule has 3 aromatic carbocycles. The number of rotatable bonds is 5. The first-order valence-corrected chi connectivity index (χ1v) is 10.6. The molecule has 3 N–H and O–H groups in total. The Kier molecular flexibility index (Phi) is 10.5. The summed E-state index contributed by atoms with van der Waals surface area (Å²) in [5.74, 6) is 0. The summed E-state index contributed by atoms with van der Waals surface area (Å²) < 4.78 is 62.7. The summed E-state index contributed by atoms with van der Waals surface area (Å²) >= 11 is 0. The molecule has 0 heterocycles. The van der Waals surface area contributed by atoms with E-state index in [1.165, 1.54) is 17.7 Å². The van der Waals surface area contributed by atoms with Gasteiger partial charge in [-0.15, -0.1) is 0 Å². The number of nitrogens with two attached hydrogens (primary N) is 1. The van der Waals surface area contributed by atoms with Crippen molar-refractivity contribution in [2.45, 2.75) is 24.5 Å². The van der Waals surface area contributed by atoms with Crippen LogP contribution in [0.5, 0.6) is 0 Å². The predicted molar refractivity (Wildman–Crippen MR) is 112 cm³/mol. The number of halogens is 3. The van der Waals surface area contributed by atoms with Crippen LogP contribution < -0.4 is 10.5 Å². The maximum Gasteiger partial charge on any atom is 0.511 e. The van der Waals surface area contributed by atoms with Crippen LogP contribution in [-0.2, 0) is 29.5 Å². The number of benzene rings is 3. The van der Waals surface area contributed by atoms with Gasteiger partial charge < -0.3 is 5.73 Å². The Hall–Kier alpha value is -2.06. The second kappa shape index (κ2) is 12.1. The van der Waals surface area contributed by atoms with Gasteiger partial charge in [-0.1, -0.05) is 96.6 Å². The van der Waals surface area contributed by atoms with E-state index in [2.05, 4.69) is 19.1 Å². The standard InChI is InChI=1S/C15H15F3N2O2S.C7H8.Ru/c16-15(17,18)23(21,22)20-14(12-9-5-2-6-10-12)13(19)11-7-3-1-4-8-11;1-7-5-3-2-4-6-7;/h1-10,13-14,20H,19H2;2-6H,1H3;/t13-,14-;;/m1../s1. The normalized spacial score (nSPS) is 13.2. The monoisotopic (exact) mass is 538 g/mol. The number of hydrogen-bond donors (Lipinski definition) is 2. The molecule has 0 radical (unpaired) electrons. The van der Waals surface area contributed by atoms with E-state index in [0.717, 1.165) is 0 Å². The van der Waals surface area contributed by atoms with Crippen molar-refractivity contribution in [2.24, 2.45) is 5.73 Å². The minimum atomic E-state index is -5.53. The Morgan fingerprint density at radius 2 is 1.16 bits per heavy atom. The van der Waals surface area contributed by atoms with Crippen LogP contribution in [0.25, 0.3) is 0 Å². The van der Waals surface area contributed by atoms with Gasteiger partial charge in [-0.05, 0) is 18.1 Å². The summed E-state index contributed by atoms with van der Waals surface area (Å²) in [6.45, 7) is 2.08. The van der Waals surface area contributed by atoms with Crippen LogP contribution >= 0.6 is 0 Å². The molecule has 0 aliphatic rings. The van der Waals surface area contributed by atoms with Crippen molar-refractivity contribution >= 4 is 10.0 Å². The van der Waals surface area contributed by atoms with Gasteiger partial charge in [0.2, 0.25) is 0 Å². The van der Waals surface area contributed by atoms with E-state index in [0.29, 0.717) is 11.1 Å². The third-order valence-corrected chi connectivity index (χ3v) is 5.40. The van der Waals surface area contributed by atoms with Gasteiger partial charge in [0.15, 0.2) is 0 Å². The molecule has 0 saturated carbocycles. The Bertz CT molecular complexity index is 1000. The summed E-state index contributed by atoms with van der Waals surface area (Å²) in [4.78, 5) is 0. The summed E-state index contributed by atoms with van der Waals surface area (Å²) in [6.07, 6.45) is 0.